The zero-order valence-electron chi connectivity index (χ0n) is 15.1. The van der Waals surface area contributed by atoms with Gasteiger partial charge < -0.3 is 10.6 Å². The highest BCUT2D eigenvalue weighted by Crippen LogP contribution is 2.29. The first-order chi connectivity index (χ1) is 13.3. The standard InChI is InChI=1S/C22H22N4S/c23-10-4-11-24-20-8-3-5-17(13-20)14-21-15-25-22(27-21)26-12-9-18-6-1-2-7-19(18)16-26/h1-8,10-11,13,15H,9,12,14,16,23H2. The lowest BCUT2D eigenvalue weighted by Crippen LogP contribution is -2.30. The second-order valence-corrected chi connectivity index (χ2v) is 7.65. The van der Waals surface area contributed by atoms with Gasteiger partial charge in [-0.3, -0.25) is 4.99 Å². The van der Waals surface area contributed by atoms with E-state index < -0.39 is 0 Å². The summed E-state index contributed by atoms with van der Waals surface area (Å²) in [6.07, 6.45) is 8.87. The summed E-state index contributed by atoms with van der Waals surface area (Å²) in [4.78, 5) is 12.7. The largest absolute Gasteiger partial charge is 0.405 e. The highest BCUT2D eigenvalue weighted by molar-refractivity contribution is 7.15. The summed E-state index contributed by atoms with van der Waals surface area (Å²) >= 11 is 1.78. The highest BCUT2D eigenvalue weighted by Gasteiger charge is 2.18. The van der Waals surface area contributed by atoms with Crippen molar-refractivity contribution in [2.45, 2.75) is 19.4 Å². The molecule has 5 heteroatoms. The molecule has 0 atom stereocenters. The molecule has 0 unspecified atom stereocenters. The molecule has 136 valence electrons. The predicted molar refractivity (Wildman–Crippen MR) is 114 cm³/mol. The second-order valence-electron chi connectivity index (χ2n) is 6.56. The van der Waals surface area contributed by atoms with Gasteiger partial charge in [-0.05, 0) is 47.5 Å². The van der Waals surface area contributed by atoms with E-state index >= 15 is 0 Å². The number of hydrogen-bond donors (Lipinski definition) is 1. The third-order valence-corrected chi connectivity index (χ3v) is 5.71. The van der Waals surface area contributed by atoms with E-state index in [1.165, 1.54) is 27.8 Å². The summed E-state index contributed by atoms with van der Waals surface area (Å²) < 4.78 is 0. The zero-order chi connectivity index (χ0) is 18.5. The molecule has 0 radical (unpaired) electrons. The Kier molecular flexibility index (Phi) is 5.30. The van der Waals surface area contributed by atoms with E-state index in [0.29, 0.717) is 0 Å². The number of rotatable bonds is 5. The van der Waals surface area contributed by atoms with E-state index in [4.69, 9.17) is 5.73 Å². The first kappa shape index (κ1) is 17.5. The Morgan fingerprint density at radius 1 is 1.15 bits per heavy atom. The molecule has 4 nitrogen and oxygen atoms in total. The fourth-order valence-electron chi connectivity index (χ4n) is 3.31. The van der Waals surface area contributed by atoms with Crippen molar-refractivity contribution in [3.8, 4) is 0 Å². The predicted octanol–water partition coefficient (Wildman–Crippen LogP) is 4.47. The molecule has 27 heavy (non-hydrogen) atoms. The molecule has 2 N–H and O–H groups in total. The summed E-state index contributed by atoms with van der Waals surface area (Å²) in [5.74, 6) is 0. The van der Waals surface area contributed by atoms with Gasteiger partial charge in [-0.15, -0.1) is 11.3 Å². The molecule has 0 aliphatic carbocycles. The fraction of sp³-hybridized carbons (Fsp3) is 0.182. The number of aromatic nitrogens is 1. The summed E-state index contributed by atoms with van der Waals surface area (Å²) in [7, 11) is 0. The number of hydrogen-bond acceptors (Lipinski definition) is 5. The van der Waals surface area contributed by atoms with Crippen molar-refractivity contribution in [1.82, 2.24) is 4.98 Å². The van der Waals surface area contributed by atoms with Gasteiger partial charge in [0.1, 0.15) is 0 Å². The van der Waals surface area contributed by atoms with Gasteiger partial charge in [0.05, 0.1) is 5.69 Å². The molecule has 4 rings (SSSR count). The van der Waals surface area contributed by atoms with Crippen LogP contribution in [0.15, 0.2) is 72.0 Å². The molecule has 1 aromatic heterocycles. The minimum Gasteiger partial charge on any atom is -0.405 e. The van der Waals surface area contributed by atoms with E-state index in [9.17, 15) is 0 Å². The van der Waals surface area contributed by atoms with Crippen LogP contribution in [-0.2, 0) is 19.4 Å². The molecule has 0 bridgehead atoms. The number of benzene rings is 2. The molecular weight excluding hydrogens is 352 g/mol. The Bertz CT molecular complexity index is 974. The van der Waals surface area contributed by atoms with Gasteiger partial charge in [-0.1, -0.05) is 36.4 Å². The summed E-state index contributed by atoms with van der Waals surface area (Å²) in [6.45, 7) is 1.98. The number of anilines is 1. The van der Waals surface area contributed by atoms with E-state index in [-0.39, 0.29) is 0 Å². The zero-order valence-corrected chi connectivity index (χ0v) is 15.9. The fourth-order valence-corrected chi connectivity index (χ4v) is 4.28. The smallest absolute Gasteiger partial charge is 0.185 e. The maximum atomic E-state index is 5.33. The van der Waals surface area contributed by atoms with Crippen molar-refractivity contribution in [1.29, 1.82) is 0 Å². The maximum Gasteiger partial charge on any atom is 0.185 e. The van der Waals surface area contributed by atoms with E-state index in [0.717, 1.165) is 36.8 Å². The van der Waals surface area contributed by atoms with Crippen LogP contribution in [0.25, 0.3) is 0 Å². The molecule has 2 aromatic carbocycles. The average Bonchev–Trinajstić information content (AvgIpc) is 3.17. The Hall–Kier alpha value is -2.92. The number of aliphatic imine (C=N–C) groups is 1. The Labute approximate surface area is 163 Å². The van der Waals surface area contributed by atoms with Gasteiger partial charge in [-0.25, -0.2) is 4.98 Å². The van der Waals surface area contributed by atoms with E-state index in [1.807, 2.05) is 18.3 Å². The van der Waals surface area contributed by atoms with Crippen LogP contribution in [0, 0.1) is 0 Å². The molecule has 1 aliphatic heterocycles. The maximum absolute atomic E-state index is 5.33. The number of thiazole rings is 1. The minimum atomic E-state index is 0.873. The monoisotopic (exact) mass is 374 g/mol. The molecular formula is C22H22N4S. The van der Waals surface area contributed by atoms with Crippen LogP contribution in [0.2, 0.25) is 0 Å². The average molecular weight is 375 g/mol. The third-order valence-electron chi connectivity index (χ3n) is 4.65. The van der Waals surface area contributed by atoms with E-state index in [2.05, 4.69) is 51.3 Å². The quantitative estimate of drug-likeness (QED) is 0.670. The number of allylic oxidation sites excluding steroid dienone is 1. The third kappa shape index (κ3) is 4.26. The van der Waals surface area contributed by atoms with Crippen LogP contribution >= 0.6 is 11.3 Å². The molecule has 2 heterocycles. The second kappa shape index (κ2) is 8.18. The lowest BCUT2D eigenvalue weighted by atomic mass is 10.0. The van der Waals surface area contributed by atoms with Crippen molar-refractivity contribution in [2.24, 2.45) is 10.7 Å². The van der Waals surface area contributed by atoms with Crippen LogP contribution in [0.4, 0.5) is 10.8 Å². The van der Waals surface area contributed by atoms with Crippen molar-refractivity contribution in [2.75, 3.05) is 11.4 Å². The van der Waals surface area contributed by atoms with E-state index in [1.54, 1.807) is 23.6 Å². The first-order valence-corrected chi connectivity index (χ1v) is 9.90. The minimum absolute atomic E-state index is 0.873. The van der Waals surface area contributed by atoms with Crippen molar-refractivity contribution in [3.05, 3.63) is 88.6 Å². The van der Waals surface area contributed by atoms with Gasteiger partial charge in [0.2, 0.25) is 0 Å². The van der Waals surface area contributed by atoms with Crippen LogP contribution in [0.3, 0.4) is 0 Å². The van der Waals surface area contributed by atoms with Crippen LogP contribution in [0.1, 0.15) is 21.6 Å². The molecule has 0 amide bonds. The lowest BCUT2D eigenvalue weighted by molar-refractivity contribution is 0.729. The summed E-state index contributed by atoms with van der Waals surface area (Å²) in [5, 5.41) is 1.11. The van der Waals surface area contributed by atoms with Crippen LogP contribution < -0.4 is 10.6 Å². The summed E-state index contributed by atoms with van der Waals surface area (Å²) in [6, 6.07) is 17.0. The van der Waals surface area contributed by atoms with Crippen LogP contribution in [0.5, 0.6) is 0 Å². The van der Waals surface area contributed by atoms with Gasteiger partial charge in [0.25, 0.3) is 0 Å². The number of nitrogens with two attached hydrogens (primary N) is 1. The Balaban J connectivity index is 1.45. The van der Waals surface area contributed by atoms with Crippen molar-refractivity contribution in [3.63, 3.8) is 0 Å². The lowest BCUT2D eigenvalue weighted by Gasteiger charge is -2.28. The molecule has 3 aromatic rings. The Morgan fingerprint density at radius 3 is 2.93 bits per heavy atom. The SMILES string of the molecule is NC=CC=Nc1cccc(Cc2cnc(N3CCc4ccccc4C3)s2)c1. The normalized spacial score (nSPS) is 14.1. The van der Waals surface area contributed by atoms with Crippen molar-refractivity contribution >= 4 is 28.4 Å². The molecule has 0 saturated carbocycles. The van der Waals surface area contributed by atoms with Gasteiger partial charge in [0.15, 0.2) is 5.13 Å². The Morgan fingerprint density at radius 2 is 2.04 bits per heavy atom. The first-order valence-electron chi connectivity index (χ1n) is 9.08. The van der Waals surface area contributed by atoms with Gasteiger partial charge >= 0.3 is 0 Å². The van der Waals surface area contributed by atoms with Gasteiger partial charge in [0, 0.05) is 36.8 Å². The molecule has 0 fully saturated rings. The highest BCUT2D eigenvalue weighted by atomic mass is 32.1. The van der Waals surface area contributed by atoms with Crippen LogP contribution in [-0.4, -0.2) is 17.7 Å². The number of nitrogens with zero attached hydrogens (tertiary/aromatic N) is 3. The van der Waals surface area contributed by atoms with Crippen molar-refractivity contribution < 1.29 is 0 Å². The molecule has 1 aliphatic rings. The molecule has 0 spiro atoms. The number of fused-ring (bicyclic) bond motifs is 1. The summed E-state index contributed by atoms with van der Waals surface area (Å²) in [5.41, 5.74) is 10.4. The van der Waals surface area contributed by atoms with Gasteiger partial charge in [-0.2, -0.15) is 0 Å². The molecule has 0 saturated heterocycles. The topological polar surface area (TPSA) is 54.5 Å².